The Hall–Kier alpha value is -3.87. The first-order valence-electron chi connectivity index (χ1n) is 9.21. The number of carbonyl (C=O) groups excluding carboxylic acids is 3. The van der Waals surface area contributed by atoms with E-state index in [0.29, 0.717) is 17.1 Å². The topological polar surface area (TPSA) is 92.3 Å². The number of amides is 3. The van der Waals surface area contributed by atoms with E-state index in [1.807, 2.05) is 30.3 Å². The van der Waals surface area contributed by atoms with Crippen LogP contribution in [-0.4, -0.2) is 32.6 Å². The highest BCUT2D eigenvalue weighted by atomic mass is 16.2. The summed E-state index contributed by atoms with van der Waals surface area (Å²) in [5.41, 5.74) is 2.64. The summed E-state index contributed by atoms with van der Waals surface area (Å²) < 4.78 is 0. The van der Waals surface area contributed by atoms with Crippen molar-refractivity contribution in [1.82, 2.24) is 14.9 Å². The zero-order valence-corrected chi connectivity index (χ0v) is 15.5. The molecule has 1 aromatic heterocycles. The van der Waals surface area contributed by atoms with Crippen LogP contribution in [0.1, 0.15) is 28.8 Å². The van der Waals surface area contributed by atoms with E-state index in [9.17, 15) is 14.4 Å². The molecule has 0 radical (unpaired) electrons. The molecule has 7 nitrogen and oxygen atoms in total. The third-order valence-electron chi connectivity index (χ3n) is 4.65. The summed E-state index contributed by atoms with van der Waals surface area (Å²) in [5.74, 6) is -0.0218. The number of hydrogen-bond donors (Lipinski definition) is 1. The Balaban J connectivity index is 1.39. The highest BCUT2D eigenvalue weighted by Gasteiger charge is 2.28. The Morgan fingerprint density at radius 1 is 0.897 bits per heavy atom. The average molecular weight is 386 g/mol. The van der Waals surface area contributed by atoms with Gasteiger partial charge in [0.2, 0.25) is 11.8 Å². The molecular weight excluding hydrogens is 368 g/mol. The molecule has 29 heavy (non-hydrogen) atoms. The molecule has 2 heterocycles. The molecule has 1 aliphatic heterocycles. The maximum atomic E-state index is 12.4. The number of carbonyl (C=O) groups is 3. The zero-order chi connectivity index (χ0) is 20.2. The number of anilines is 1. The van der Waals surface area contributed by atoms with Crippen LogP contribution in [0.3, 0.4) is 0 Å². The first kappa shape index (κ1) is 18.5. The number of imide groups is 1. The van der Waals surface area contributed by atoms with Gasteiger partial charge in [0.25, 0.3) is 5.91 Å². The van der Waals surface area contributed by atoms with Crippen LogP contribution in [0.5, 0.6) is 0 Å². The van der Waals surface area contributed by atoms with Crippen molar-refractivity contribution in [2.24, 2.45) is 0 Å². The first-order chi connectivity index (χ1) is 14.1. The Bertz CT molecular complexity index is 1030. The highest BCUT2D eigenvalue weighted by molar-refractivity contribution is 6.04. The van der Waals surface area contributed by atoms with Gasteiger partial charge in [-0.15, -0.1) is 0 Å². The second-order valence-corrected chi connectivity index (χ2v) is 6.69. The average Bonchev–Trinajstić information content (AvgIpc) is 3.07. The Morgan fingerprint density at radius 2 is 1.52 bits per heavy atom. The zero-order valence-electron chi connectivity index (χ0n) is 15.5. The minimum atomic E-state index is -0.291. The molecule has 0 bridgehead atoms. The molecule has 3 amide bonds. The Morgan fingerprint density at radius 3 is 2.14 bits per heavy atom. The molecule has 0 saturated carbocycles. The van der Waals surface area contributed by atoms with Crippen LogP contribution >= 0.6 is 0 Å². The second-order valence-electron chi connectivity index (χ2n) is 6.69. The van der Waals surface area contributed by atoms with Gasteiger partial charge in [0, 0.05) is 24.0 Å². The fraction of sp³-hybridized carbons (Fsp3) is 0.136. The lowest BCUT2D eigenvalue weighted by Gasteiger charge is -2.14. The van der Waals surface area contributed by atoms with Crippen molar-refractivity contribution in [3.63, 3.8) is 0 Å². The number of nitrogens with zero attached hydrogens (tertiary/aromatic N) is 3. The summed E-state index contributed by atoms with van der Waals surface area (Å²) in [6.45, 7) is 0.231. The van der Waals surface area contributed by atoms with E-state index < -0.39 is 0 Å². The Kier molecular flexibility index (Phi) is 5.11. The van der Waals surface area contributed by atoms with Crippen LogP contribution in [-0.2, 0) is 16.1 Å². The van der Waals surface area contributed by atoms with Gasteiger partial charge in [-0.2, -0.15) is 0 Å². The lowest BCUT2D eigenvalue weighted by molar-refractivity contribution is -0.139. The van der Waals surface area contributed by atoms with Gasteiger partial charge in [-0.05, 0) is 17.7 Å². The molecule has 1 aliphatic rings. The van der Waals surface area contributed by atoms with Crippen molar-refractivity contribution in [2.45, 2.75) is 19.4 Å². The SMILES string of the molecule is O=C(Nc1cnc(-c2ccccc2)nc1)c1ccc(CN2C(=O)CCC2=O)cc1. The fourth-order valence-electron chi connectivity index (χ4n) is 3.08. The van der Waals surface area contributed by atoms with Crippen LogP contribution < -0.4 is 5.32 Å². The number of aromatic nitrogens is 2. The number of nitrogens with one attached hydrogen (secondary N) is 1. The van der Waals surface area contributed by atoms with E-state index in [1.54, 1.807) is 36.7 Å². The van der Waals surface area contributed by atoms with Gasteiger partial charge in [-0.1, -0.05) is 42.5 Å². The molecule has 2 aromatic carbocycles. The molecule has 0 spiro atoms. The van der Waals surface area contributed by atoms with Crippen LogP contribution in [0.25, 0.3) is 11.4 Å². The van der Waals surface area contributed by atoms with E-state index in [4.69, 9.17) is 0 Å². The van der Waals surface area contributed by atoms with E-state index >= 15 is 0 Å². The minimum Gasteiger partial charge on any atom is -0.319 e. The molecule has 3 aromatic rings. The molecule has 4 rings (SSSR count). The molecule has 1 N–H and O–H groups in total. The van der Waals surface area contributed by atoms with Crippen molar-refractivity contribution in [2.75, 3.05) is 5.32 Å². The number of hydrogen-bond acceptors (Lipinski definition) is 5. The molecule has 0 aliphatic carbocycles. The monoisotopic (exact) mass is 386 g/mol. The van der Waals surface area contributed by atoms with Crippen molar-refractivity contribution in [3.05, 3.63) is 78.1 Å². The molecule has 0 atom stereocenters. The summed E-state index contributed by atoms with van der Waals surface area (Å²) in [6, 6.07) is 16.4. The van der Waals surface area contributed by atoms with Crippen LogP contribution in [0.15, 0.2) is 67.0 Å². The molecule has 144 valence electrons. The smallest absolute Gasteiger partial charge is 0.255 e. The molecule has 1 saturated heterocycles. The highest BCUT2D eigenvalue weighted by Crippen LogP contribution is 2.18. The third-order valence-corrected chi connectivity index (χ3v) is 4.65. The standard InChI is InChI=1S/C22H18N4O3/c27-19-10-11-20(28)26(19)14-15-6-8-17(9-7-15)22(29)25-18-12-23-21(24-13-18)16-4-2-1-3-5-16/h1-9,12-13H,10-11,14H2,(H,25,29). The van der Waals surface area contributed by atoms with Crippen molar-refractivity contribution in [3.8, 4) is 11.4 Å². The lowest BCUT2D eigenvalue weighted by Crippen LogP contribution is -2.28. The largest absolute Gasteiger partial charge is 0.319 e. The van der Waals surface area contributed by atoms with E-state index in [0.717, 1.165) is 11.1 Å². The van der Waals surface area contributed by atoms with Gasteiger partial charge >= 0.3 is 0 Å². The normalized spacial score (nSPS) is 13.6. The second kappa shape index (κ2) is 8.02. The predicted molar refractivity (Wildman–Crippen MR) is 107 cm³/mol. The van der Waals surface area contributed by atoms with Crippen LogP contribution in [0, 0.1) is 0 Å². The molecule has 0 unspecified atom stereocenters. The van der Waals surface area contributed by atoms with Crippen LogP contribution in [0.2, 0.25) is 0 Å². The minimum absolute atomic E-state index is 0.157. The number of rotatable bonds is 5. The molecule has 7 heteroatoms. The summed E-state index contributed by atoms with van der Waals surface area (Å²) in [5, 5.41) is 2.76. The van der Waals surface area contributed by atoms with Gasteiger partial charge in [0.05, 0.1) is 24.6 Å². The number of likely N-dealkylation sites (tertiary alicyclic amines) is 1. The van der Waals surface area contributed by atoms with Gasteiger partial charge in [0.1, 0.15) is 0 Å². The lowest BCUT2D eigenvalue weighted by atomic mass is 10.1. The summed E-state index contributed by atoms with van der Waals surface area (Å²) in [7, 11) is 0. The van der Waals surface area contributed by atoms with Crippen molar-refractivity contribution in [1.29, 1.82) is 0 Å². The number of benzene rings is 2. The summed E-state index contributed by atoms with van der Waals surface area (Å²) in [6.07, 6.45) is 3.66. The van der Waals surface area contributed by atoms with Gasteiger partial charge in [-0.3, -0.25) is 19.3 Å². The maximum Gasteiger partial charge on any atom is 0.255 e. The predicted octanol–water partition coefficient (Wildman–Crippen LogP) is 3.04. The van der Waals surface area contributed by atoms with Crippen LogP contribution in [0.4, 0.5) is 5.69 Å². The fourth-order valence-corrected chi connectivity index (χ4v) is 3.08. The summed E-state index contributed by atoms with van der Waals surface area (Å²) >= 11 is 0. The van der Waals surface area contributed by atoms with Crippen molar-refractivity contribution < 1.29 is 14.4 Å². The van der Waals surface area contributed by atoms with Gasteiger partial charge in [-0.25, -0.2) is 9.97 Å². The first-order valence-corrected chi connectivity index (χ1v) is 9.21. The maximum absolute atomic E-state index is 12.4. The third kappa shape index (κ3) is 4.19. The quantitative estimate of drug-likeness (QED) is 0.681. The Labute approximate surface area is 167 Å². The van der Waals surface area contributed by atoms with Gasteiger partial charge in [0.15, 0.2) is 5.82 Å². The van der Waals surface area contributed by atoms with E-state index in [1.165, 1.54) is 4.90 Å². The van der Waals surface area contributed by atoms with E-state index in [2.05, 4.69) is 15.3 Å². The van der Waals surface area contributed by atoms with Gasteiger partial charge < -0.3 is 5.32 Å². The molecule has 1 fully saturated rings. The molecular formula is C22H18N4O3. The summed E-state index contributed by atoms with van der Waals surface area (Å²) in [4.78, 5) is 45.7. The van der Waals surface area contributed by atoms with Crippen molar-refractivity contribution >= 4 is 23.4 Å². The van der Waals surface area contributed by atoms with E-state index in [-0.39, 0.29) is 37.1 Å².